The summed E-state index contributed by atoms with van der Waals surface area (Å²) in [6.45, 7) is 10.7. The van der Waals surface area contributed by atoms with E-state index in [9.17, 15) is 5.11 Å². The largest absolute Gasteiger partial charge is 0.392 e. The molecule has 0 bridgehead atoms. The van der Waals surface area contributed by atoms with Crippen LogP contribution in [0.3, 0.4) is 0 Å². The molecular weight excluding hydrogens is 200 g/mol. The molecule has 1 heterocycles. The number of hydrogen-bond donors (Lipinski definition) is 1. The fourth-order valence-corrected chi connectivity index (χ4v) is 2.37. The smallest absolute Gasteiger partial charge is 0.0690 e. The summed E-state index contributed by atoms with van der Waals surface area (Å²) in [4.78, 5) is 4.89. The molecule has 0 amide bonds. The molecule has 3 nitrogen and oxygen atoms in total. The molecule has 1 rings (SSSR count). The molecule has 1 fully saturated rings. The molecule has 0 aromatic carbocycles. The molecule has 96 valence electrons. The van der Waals surface area contributed by atoms with Gasteiger partial charge in [-0.25, -0.2) is 0 Å². The van der Waals surface area contributed by atoms with Crippen LogP contribution in [0.2, 0.25) is 0 Å². The molecule has 0 aromatic rings. The van der Waals surface area contributed by atoms with Crippen molar-refractivity contribution in [3.05, 3.63) is 0 Å². The molecule has 16 heavy (non-hydrogen) atoms. The predicted octanol–water partition coefficient (Wildman–Crippen LogP) is 1.42. The Bertz CT molecular complexity index is 196. The second-order valence-electron chi connectivity index (χ2n) is 5.48. The van der Waals surface area contributed by atoms with E-state index in [1.54, 1.807) is 0 Å². The summed E-state index contributed by atoms with van der Waals surface area (Å²) in [6, 6.07) is 0.612. The maximum Gasteiger partial charge on any atom is 0.0690 e. The highest BCUT2D eigenvalue weighted by Crippen LogP contribution is 2.14. The van der Waals surface area contributed by atoms with Crippen LogP contribution in [-0.2, 0) is 0 Å². The quantitative estimate of drug-likeness (QED) is 0.788. The Morgan fingerprint density at radius 2 is 2.00 bits per heavy atom. The van der Waals surface area contributed by atoms with Gasteiger partial charge in [0.15, 0.2) is 0 Å². The fourth-order valence-electron chi connectivity index (χ4n) is 2.37. The standard InChI is InChI=1S/C13H28N2O/c1-5-12-9-14(4)7-6-8-15(12)10-13(16)11(2)3/h11-13,16H,5-10H2,1-4H3. The minimum atomic E-state index is -0.183. The van der Waals surface area contributed by atoms with E-state index in [4.69, 9.17) is 0 Å². The van der Waals surface area contributed by atoms with Crippen LogP contribution in [-0.4, -0.2) is 60.3 Å². The van der Waals surface area contributed by atoms with Crippen LogP contribution >= 0.6 is 0 Å². The Labute approximate surface area is 100 Å². The zero-order valence-corrected chi connectivity index (χ0v) is 11.3. The molecule has 0 saturated carbocycles. The molecule has 0 spiro atoms. The van der Waals surface area contributed by atoms with Crippen LogP contribution in [0.25, 0.3) is 0 Å². The van der Waals surface area contributed by atoms with E-state index in [1.807, 2.05) is 0 Å². The van der Waals surface area contributed by atoms with Crippen molar-refractivity contribution in [2.75, 3.05) is 33.2 Å². The first kappa shape index (κ1) is 13.9. The Hall–Kier alpha value is -0.120. The lowest BCUT2D eigenvalue weighted by Crippen LogP contribution is -2.44. The highest BCUT2D eigenvalue weighted by atomic mass is 16.3. The molecule has 2 unspecified atom stereocenters. The van der Waals surface area contributed by atoms with Gasteiger partial charge in [-0.1, -0.05) is 20.8 Å². The Balaban J connectivity index is 2.54. The SMILES string of the molecule is CCC1CN(C)CCCN1CC(O)C(C)C. The molecule has 1 aliphatic rings. The third-order valence-corrected chi connectivity index (χ3v) is 3.69. The number of nitrogens with zero attached hydrogens (tertiary/aromatic N) is 2. The van der Waals surface area contributed by atoms with Gasteiger partial charge in [0, 0.05) is 19.1 Å². The summed E-state index contributed by atoms with van der Waals surface area (Å²) in [5.41, 5.74) is 0. The van der Waals surface area contributed by atoms with Gasteiger partial charge >= 0.3 is 0 Å². The van der Waals surface area contributed by atoms with Crippen molar-refractivity contribution >= 4 is 0 Å². The van der Waals surface area contributed by atoms with Gasteiger partial charge < -0.3 is 10.0 Å². The van der Waals surface area contributed by atoms with Crippen LogP contribution in [0.15, 0.2) is 0 Å². The Kier molecular flexibility index (Phi) is 5.73. The summed E-state index contributed by atoms with van der Waals surface area (Å²) in [6.07, 6.45) is 2.21. The van der Waals surface area contributed by atoms with Gasteiger partial charge in [-0.15, -0.1) is 0 Å². The zero-order valence-electron chi connectivity index (χ0n) is 11.3. The van der Waals surface area contributed by atoms with E-state index < -0.39 is 0 Å². The van der Waals surface area contributed by atoms with Crippen LogP contribution < -0.4 is 0 Å². The predicted molar refractivity (Wildman–Crippen MR) is 68.6 cm³/mol. The van der Waals surface area contributed by atoms with Crippen molar-refractivity contribution in [3.63, 3.8) is 0 Å². The Morgan fingerprint density at radius 1 is 1.31 bits per heavy atom. The first-order chi connectivity index (χ1) is 7.54. The number of hydrogen-bond acceptors (Lipinski definition) is 3. The van der Waals surface area contributed by atoms with Gasteiger partial charge in [-0.2, -0.15) is 0 Å². The van der Waals surface area contributed by atoms with E-state index in [0.717, 1.165) is 19.6 Å². The lowest BCUT2D eigenvalue weighted by atomic mass is 10.1. The number of likely N-dealkylation sites (N-methyl/N-ethyl adjacent to an activating group) is 1. The van der Waals surface area contributed by atoms with Gasteiger partial charge in [0.1, 0.15) is 0 Å². The lowest BCUT2D eigenvalue weighted by molar-refractivity contribution is 0.0567. The molecule has 0 aliphatic carbocycles. The molecule has 3 heteroatoms. The van der Waals surface area contributed by atoms with Crippen LogP contribution in [0.4, 0.5) is 0 Å². The van der Waals surface area contributed by atoms with Crippen molar-refractivity contribution in [1.29, 1.82) is 0 Å². The maximum absolute atomic E-state index is 9.99. The third kappa shape index (κ3) is 4.04. The highest BCUT2D eigenvalue weighted by Gasteiger charge is 2.24. The fraction of sp³-hybridized carbons (Fsp3) is 1.00. The van der Waals surface area contributed by atoms with Crippen LogP contribution in [0.5, 0.6) is 0 Å². The molecule has 2 atom stereocenters. The van der Waals surface area contributed by atoms with Gasteiger partial charge in [0.05, 0.1) is 6.10 Å². The summed E-state index contributed by atoms with van der Waals surface area (Å²) < 4.78 is 0. The molecule has 0 aromatic heterocycles. The van der Waals surface area contributed by atoms with Crippen molar-refractivity contribution in [1.82, 2.24) is 9.80 Å². The topological polar surface area (TPSA) is 26.7 Å². The van der Waals surface area contributed by atoms with Crippen molar-refractivity contribution in [2.45, 2.75) is 45.8 Å². The minimum Gasteiger partial charge on any atom is -0.392 e. The number of aliphatic hydroxyl groups is 1. The molecular formula is C13H28N2O. The lowest BCUT2D eigenvalue weighted by Gasteiger charge is -2.32. The van der Waals surface area contributed by atoms with Gasteiger partial charge in [0.25, 0.3) is 0 Å². The van der Waals surface area contributed by atoms with Crippen LogP contribution in [0, 0.1) is 5.92 Å². The maximum atomic E-state index is 9.99. The number of rotatable bonds is 4. The second kappa shape index (κ2) is 6.58. The summed E-state index contributed by atoms with van der Waals surface area (Å²) in [5, 5.41) is 9.99. The highest BCUT2D eigenvalue weighted by molar-refractivity contribution is 4.80. The van der Waals surface area contributed by atoms with E-state index in [2.05, 4.69) is 37.6 Å². The van der Waals surface area contributed by atoms with E-state index in [-0.39, 0.29) is 6.10 Å². The van der Waals surface area contributed by atoms with Crippen molar-refractivity contribution < 1.29 is 5.11 Å². The Morgan fingerprint density at radius 3 is 2.56 bits per heavy atom. The molecule has 1 saturated heterocycles. The van der Waals surface area contributed by atoms with Gasteiger partial charge in [-0.3, -0.25) is 4.90 Å². The molecule has 1 aliphatic heterocycles. The first-order valence-corrected chi connectivity index (χ1v) is 6.65. The summed E-state index contributed by atoms with van der Waals surface area (Å²) in [5.74, 6) is 0.360. The number of β-amino-alcohol motifs (C(OH)–C–C–N with tert-alkyl or cyclic N) is 1. The van der Waals surface area contributed by atoms with Crippen molar-refractivity contribution in [3.8, 4) is 0 Å². The average molecular weight is 228 g/mol. The third-order valence-electron chi connectivity index (χ3n) is 3.69. The monoisotopic (exact) mass is 228 g/mol. The van der Waals surface area contributed by atoms with E-state index in [0.29, 0.717) is 12.0 Å². The summed E-state index contributed by atoms with van der Waals surface area (Å²) >= 11 is 0. The molecule has 1 N–H and O–H groups in total. The first-order valence-electron chi connectivity index (χ1n) is 6.65. The summed E-state index contributed by atoms with van der Waals surface area (Å²) in [7, 11) is 2.20. The van der Waals surface area contributed by atoms with Gasteiger partial charge in [-0.05, 0) is 38.9 Å². The average Bonchev–Trinajstić information content (AvgIpc) is 2.40. The minimum absolute atomic E-state index is 0.183. The molecule has 0 radical (unpaired) electrons. The van der Waals surface area contributed by atoms with Gasteiger partial charge in [0.2, 0.25) is 0 Å². The second-order valence-corrected chi connectivity index (χ2v) is 5.48. The number of aliphatic hydroxyl groups excluding tert-OH is 1. The van der Waals surface area contributed by atoms with Crippen molar-refractivity contribution in [2.24, 2.45) is 5.92 Å². The van der Waals surface area contributed by atoms with E-state index >= 15 is 0 Å². The van der Waals surface area contributed by atoms with E-state index in [1.165, 1.54) is 19.4 Å². The van der Waals surface area contributed by atoms with Crippen LogP contribution in [0.1, 0.15) is 33.6 Å². The zero-order chi connectivity index (χ0) is 12.1. The normalized spacial score (nSPS) is 27.0.